The third-order valence-corrected chi connectivity index (χ3v) is 5.47. The van der Waals surface area contributed by atoms with Gasteiger partial charge in [0.15, 0.2) is 0 Å². The lowest BCUT2D eigenvalue weighted by Crippen LogP contribution is -2.26. The summed E-state index contributed by atoms with van der Waals surface area (Å²) in [5, 5.41) is 0. The number of hydrogen-bond acceptors (Lipinski definition) is 4. The number of Topliss-reactive ketones (excluding diaryl/α,β-unsaturated/α-hetero) is 1. The lowest BCUT2D eigenvalue weighted by Gasteiger charge is -2.29. The van der Waals surface area contributed by atoms with E-state index in [-0.39, 0.29) is 23.9 Å². The lowest BCUT2D eigenvalue weighted by atomic mass is 9.84. The summed E-state index contributed by atoms with van der Waals surface area (Å²) in [6.45, 7) is 4.25. The van der Waals surface area contributed by atoms with Crippen molar-refractivity contribution < 1.29 is 19.1 Å². The number of hydrogen-bond donors (Lipinski definition) is 0. The van der Waals surface area contributed by atoms with Crippen molar-refractivity contribution >= 4 is 11.8 Å². The number of ether oxygens (including phenoxy) is 2. The van der Waals surface area contributed by atoms with E-state index < -0.39 is 0 Å². The van der Waals surface area contributed by atoms with E-state index in [0.29, 0.717) is 24.5 Å². The molecule has 2 aliphatic rings. The van der Waals surface area contributed by atoms with Gasteiger partial charge in [0, 0.05) is 31.1 Å². The molecule has 1 saturated carbocycles. The third kappa shape index (κ3) is 5.09. The Morgan fingerprint density at radius 3 is 2.92 bits per heavy atom. The van der Waals surface area contributed by atoms with E-state index in [1.165, 1.54) is 26.4 Å². The maximum Gasteiger partial charge on any atom is 0.305 e. The summed E-state index contributed by atoms with van der Waals surface area (Å²) in [7, 11) is 1.42. The average molecular weight is 336 g/mol. The second kappa shape index (κ2) is 9.24. The van der Waals surface area contributed by atoms with E-state index in [2.05, 4.69) is 19.9 Å². The van der Waals surface area contributed by atoms with E-state index in [9.17, 15) is 9.59 Å². The zero-order valence-electron chi connectivity index (χ0n) is 15.4. The van der Waals surface area contributed by atoms with E-state index >= 15 is 0 Å². The van der Waals surface area contributed by atoms with Gasteiger partial charge in [-0.3, -0.25) is 9.59 Å². The number of esters is 1. The first-order valence-corrected chi connectivity index (χ1v) is 9.50. The van der Waals surface area contributed by atoms with Gasteiger partial charge in [0.05, 0.1) is 12.9 Å². The Morgan fingerprint density at radius 1 is 1.42 bits per heavy atom. The smallest absolute Gasteiger partial charge is 0.305 e. The molecule has 0 N–H and O–H groups in total. The summed E-state index contributed by atoms with van der Waals surface area (Å²) in [5.41, 5.74) is 0. The van der Waals surface area contributed by atoms with Gasteiger partial charge in [-0.1, -0.05) is 26.7 Å². The minimum atomic E-state index is -0.168. The zero-order chi connectivity index (χ0) is 17.5. The fourth-order valence-electron chi connectivity index (χ4n) is 3.97. The van der Waals surface area contributed by atoms with Gasteiger partial charge >= 0.3 is 5.97 Å². The lowest BCUT2D eigenvalue weighted by molar-refractivity contribution is -0.141. The van der Waals surface area contributed by atoms with Gasteiger partial charge in [0.1, 0.15) is 11.9 Å². The van der Waals surface area contributed by atoms with Gasteiger partial charge in [-0.15, -0.1) is 0 Å². The Hall–Kier alpha value is -1.32. The quantitative estimate of drug-likeness (QED) is 0.462. The van der Waals surface area contributed by atoms with Crippen LogP contribution in [0.5, 0.6) is 0 Å². The predicted octanol–water partition coefficient (Wildman–Crippen LogP) is 4.42. The highest BCUT2D eigenvalue weighted by Crippen LogP contribution is 2.42. The third-order valence-electron chi connectivity index (χ3n) is 5.47. The number of ketones is 1. The van der Waals surface area contributed by atoms with Crippen LogP contribution in [0.2, 0.25) is 0 Å². The zero-order valence-corrected chi connectivity index (χ0v) is 15.4. The van der Waals surface area contributed by atoms with Crippen molar-refractivity contribution in [2.75, 3.05) is 7.11 Å². The first-order valence-electron chi connectivity index (χ1n) is 9.50. The van der Waals surface area contributed by atoms with Crippen LogP contribution >= 0.6 is 0 Å². The maximum atomic E-state index is 12.4. The number of methoxy groups -OCH3 is 1. The highest BCUT2D eigenvalue weighted by molar-refractivity contribution is 5.84. The van der Waals surface area contributed by atoms with Crippen LogP contribution in [0.25, 0.3) is 0 Å². The number of unbranched alkanes of at least 4 members (excludes halogenated alkanes) is 2. The van der Waals surface area contributed by atoms with Crippen LogP contribution in [-0.4, -0.2) is 25.0 Å². The van der Waals surface area contributed by atoms with Crippen molar-refractivity contribution in [1.29, 1.82) is 0 Å². The summed E-state index contributed by atoms with van der Waals surface area (Å²) in [6.07, 6.45) is 10.6. The molecule has 136 valence electrons. The second-order valence-corrected chi connectivity index (χ2v) is 7.42. The molecule has 1 fully saturated rings. The van der Waals surface area contributed by atoms with Crippen molar-refractivity contribution in [3.63, 3.8) is 0 Å². The molecule has 4 unspecified atom stereocenters. The standard InChI is InChI=1S/C20H32O4/c1-4-5-6-7-15-9-11-17-16(18(21)13-19(17)24-15)10-8-14(2)12-20(22)23-3/h9,14,16-17,19H,4-8,10-13H2,1-3H3. The van der Waals surface area contributed by atoms with Crippen LogP contribution in [0.3, 0.4) is 0 Å². The van der Waals surface area contributed by atoms with Crippen molar-refractivity contribution in [3.05, 3.63) is 11.8 Å². The molecule has 0 bridgehead atoms. The normalized spacial score (nSPS) is 27.2. The molecule has 1 heterocycles. The fourth-order valence-corrected chi connectivity index (χ4v) is 3.97. The fraction of sp³-hybridized carbons (Fsp3) is 0.800. The highest BCUT2D eigenvalue weighted by Gasteiger charge is 2.44. The Kier molecular flexibility index (Phi) is 7.32. The summed E-state index contributed by atoms with van der Waals surface area (Å²) in [5.74, 6) is 1.96. The first-order chi connectivity index (χ1) is 11.5. The van der Waals surface area contributed by atoms with E-state index in [1.54, 1.807) is 0 Å². The molecule has 2 rings (SSSR count). The Morgan fingerprint density at radius 2 is 2.21 bits per heavy atom. The second-order valence-electron chi connectivity index (χ2n) is 7.42. The molecule has 0 aromatic rings. The van der Waals surface area contributed by atoms with Crippen LogP contribution in [0.15, 0.2) is 11.8 Å². The van der Waals surface area contributed by atoms with Crippen molar-refractivity contribution in [3.8, 4) is 0 Å². The van der Waals surface area contributed by atoms with Crippen molar-refractivity contribution in [2.24, 2.45) is 17.8 Å². The minimum Gasteiger partial charge on any atom is -0.494 e. The minimum absolute atomic E-state index is 0.0834. The summed E-state index contributed by atoms with van der Waals surface area (Å²) >= 11 is 0. The molecule has 4 heteroatoms. The summed E-state index contributed by atoms with van der Waals surface area (Å²) in [6, 6.07) is 0. The summed E-state index contributed by atoms with van der Waals surface area (Å²) < 4.78 is 10.8. The first kappa shape index (κ1) is 19.0. The highest BCUT2D eigenvalue weighted by atomic mass is 16.5. The molecule has 0 spiro atoms. The SMILES string of the molecule is CCCCCC1=CCC2C(CC(=O)C2CCC(C)CC(=O)OC)O1. The number of rotatable bonds is 9. The van der Waals surface area contributed by atoms with E-state index in [0.717, 1.165) is 31.4 Å². The van der Waals surface area contributed by atoms with E-state index in [1.807, 2.05) is 0 Å². The molecule has 0 saturated heterocycles. The van der Waals surface area contributed by atoms with E-state index in [4.69, 9.17) is 9.47 Å². The molecular formula is C20H32O4. The van der Waals surface area contributed by atoms with Gasteiger partial charge in [-0.05, 0) is 37.7 Å². The molecule has 1 aliphatic heterocycles. The van der Waals surface area contributed by atoms with Crippen molar-refractivity contribution in [2.45, 2.75) is 77.7 Å². The molecule has 0 aromatic heterocycles. The Balaban J connectivity index is 1.83. The molecule has 0 amide bonds. The molecule has 0 aromatic carbocycles. The number of carbonyl (C=O) groups excluding carboxylic acids is 2. The summed E-state index contributed by atoms with van der Waals surface area (Å²) in [4.78, 5) is 23.7. The van der Waals surface area contributed by atoms with Gasteiger partial charge in [0.2, 0.25) is 0 Å². The van der Waals surface area contributed by atoms with Crippen LogP contribution in [-0.2, 0) is 19.1 Å². The molecular weight excluding hydrogens is 304 g/mol. The van der Waals surface area contributed by atoms with Crippen LogP contribution < -0.4 is 0 Å². The largest absolute Gasteiger partial charge is 0.494 e. The van der Waals surface area contributed by atoms with Crippen LogP contribution in [0.1, 0.15) is 71.6 Å². The van der Waals surface area contributed by atoms with Gasteiger partial charge in [0.25, 0.3) is 0 Å². The Labute approximate surface area is 146 Å². The molecule has 0 radical (unpaired) electrons. The van der Waals surface area contributed by atoms with Crippen LogP contribution in [0, 0.1) is 17.8 Å². The number of carbonyl (C=O) groups is 2. The van der Waals surface area contributed by atoms with Gasteiger partial charge < -0.3 is 9.47 Å². The molecule has 4 atom stereocenters. The average Bonchev–Trinajstić information content (AvgIpc) is 2.87. The van der Waals surface area contributed by atoms with Gasteiger partial charge in [-0.25, -0.2) is 0 Å². The maximum absolute atomic E-state index is 12.4. The van der Waals surface area contributed by atoms with Crippen molar-refractivity contribution in [1.82, 2.24) is 0 Å². The Bertz CT molecular complexity index is 468. The molecule has 1 aliphatic carbocycles. The van der Waals surface area contributed by atoms with Gasteiger partial charge in [-0.2, -0.15) is 0 Å². The van der Waals surface area contributed by atoms with Crippen LogP contribution in [0.4, 0.5) is 0 Å². The monoisotopic (exact) mass is 336 g/mol. The number of fused-ring (bicyclic) bond motifs is 1. The predicted molar refractivity (Wildman–Crippen MR) is 93.4 cm³/mol. The molecule has 24 heavy (non-hydrogen) atoms. The topological polar surface area (TPSA) is 52.6 Å². The molecule has 4 nitrogen and oxygen atoms in total. The number of allylic oxidation sites excluding steroid dienone is 2.